The van der Waals surface area contributed by atoms with Gasteiger partial charge in [-0.25, -0.2) is 0 Å². The average Bonchev–Trinajstić information content (AvgIpc) is 2.49. The Morgan fingerprint density at radius 1 is 1.20 bits per heavy atom. The number of rotatable bonds is 6. The molecular formula is C17H27BrN2. The molecular weight excluding hydrogens is 312 g/mol. The smallest absolute Gasteiger partial charge is 0.0241 e. The Balaban J connectivity index is 1.85. The van der Waals surface area contributed by atoms with Gasteiger partial charge in [0.25, 0.3) is 0 Å². The Bertz CT molecular complexity index is 413. The van der Waals surface area contributed by atoms with Gasteiger partial charge in [0, 0.05) is 16.6 Å². The molecule has 1 aromatic rings. The molecule has 3 heteroatoms. The lowest BCUT2D eigenvalue weighted by Gasteiger charge is -2.38. The zero-order valence-corrected chi connectivity index (χ0v) is 14.4. The summed E-state index contributed by atoms with van der Waals surface area (Å²) in [5.41, 5.74) is 1.76. The Kier molecular flexibility index (Phi) is 6.06. The maximum Gasteiger partial charge on any atom is 0.0241 e. The number of hydrogen-bond acceptors (Lipinski definition) is 2. The minimum absolute atomic E-state index is 0.389. The monoisotopic (exact) mass is 338 g/mol. The van der Waals surface area contributed by atoms with Crippen LogP contribution in [0.25, 0.3) is 0 Å². The summed E-state index contributed by atoms with van der Waals surface area (Å²) in [6, 6.07) is 8.52. The molecule has 112 valence electrons. The van der Waals surface area contributed by atoms with Crippen molar-refractivity contribution in [2.24, 2.45) is 0 Å². The Morgan fingerprint density at radius 2 is 1.90 bits per heavy atom. The van der Waals surface area contributed by atoms with Crippen molar-refractivity contribution in [1.82, 2.24) is 10.2 Å². The summed E-state index contributed by atoms with van der Waals surface area (Å²) in [6.07, 6.45) is 8.11. The van der Waals surface area contributed by atoms with Gasteiger partial charge in [-0.2, -0.15) is 0 Å². The van der Waals surface area contributed by atoms with Crippen LogP contribution in [-0.2, 0) is 6.54 Å². The van der Waals surface area contributed by atoms with Gasteiger partial charge < -0.3 is 10.2 Å². The van der Waals surface area contributed by atoms with E-state index in [9.17, 15) is 0 Å². The molecule has 2 rings (SSSR count). The summed E-state index contributed by atoms with van der Waals surface area (Å²) >= 11 is 3.64. The van der Waals surface area contributed by atoms with E-state index in [0.717, 1.165) is 13.1 Å². The Hall–Kier alpha value is -0.380. The first-order chi connectivity index (χ1) is 9.65. The van der Waals surface area contributed by atoms with Crippen molar-refractivity contribution < 1.29 is 0 Å². The van der Waals surface area contributed by atoms with Crippen LogP contribution in [0.5, 0.6) is 0 Å². The van der Waals surface area contributed by atoms with Crippen LogP contribution >= 0.6 is 15.9 Å². The third-order valence-electron chi connectivity index (χ3n) is 4.71. The summed E-state index contributed by atoms with van der Waals surface area (Å²) < 4.78 is 1.22. The van der Waals surface area contributed by atoms with Crippen molar-refractivity contribution in [1.29, 1.82) is 0 Å². The summed E-state index contributed by atoms with van der Waals surface area (Å²) in [5, 5.41) is 3.61. The van der Waals surface area contributed by atoms with Crippen LogP contribution in [0.2, 0.25) is 0 Å². The van der Waals surface area contributed by atoms with Crippen molar-refractivity contribution in [3.63, 3.8) is 0 Å². The predicted octanol–water partition coefficient (Wildman–Crippen LogP) is 4.19. The quantitative estimate of drug-likeness (QED) is 0.836. The van der Waals surface area contributed by atoms with E-state index < -0.39 is 0 Å². The molecule has 2 nitrogen and oxygen atoms in total. The van der Waals surface area contributed by atoms with Gasteiger partial charge in [-0.3, -0.25) is 0 Å². The molecule has 1 aromatic carbocycles. The zero-order valence-electron chi connectivity index (χ0n) is 12.8. The third kappa shape index (κ3) is 4.31. The highest BCUT2D eigenvalue weighted by atomic mass is 79.9. The lowest BCUT2D eigenvalue weighted by atomic mass is 9.79. The summed E-state index contributed by atoms with van der Waals surface area (Å²) in [5.74, 6) is 0. The van der Waals surface area contributed by atoms with E-state index in [1.165, 1.54) is 48.6 Å². The topological polar surface area (TPSA) is 15.3 Å². The highest BCUT2D eigenvalue weighted by Crippen LogP contribution is 2.31. The molecule has 0 unspecified atom stereocenters. The highest BCUT2D eigenvalue weighted by molar-refractivity contribution is 9.10. The maximum absolute atomic E-state index is 3.64. The first-order valence-electron chi connectivity index (χ1n) is 7.76. The van der Waals surface area contributed by atoms with Gasteiger partial charge in [0.15, 0.2) is 0 Å². The van der Waals surface area contributed by atoms with Crippen LogP contribution in [0, 0.1) is 0 Å². The van der Waals surface area contributed by atoms with Crippen molar-refractivity contribution in [2.45, 2.75) is 50.6 Å². The van der Waals surface area contributed by atoms with Gasteiger partial charge in [0.1, 0.15) is 0 Å². The fourth-order valence-electron chi connectivity index (χ4n) is 3.25. The standard InChI is InChI=1S/C17H27BrN2/c1-19-17(10-6-3-7-11-17)12-13-20(2)14-15-8-4-5-9-16(15)18/h4-5,8-9,19H,3,6-7,10-14H2,1-2H3. The van der Waals surface area contributed by atoms with Crippen LogP contribution < -0.4 is 5.32 Å². The van der Waals surface area contributed by atoms with Crippen LogP contribution in [0.4, 0.5) is 0 Å². The van der Waals surface area contributed by atoms with Crippen molar-refractivity contribution in [2.75, 3.05) is 20.6 Å². The van der Waals surface area contributed by atoms with Gasteiger partial charge in [-0.05, 0) is 51.5 Å². The first-order valence-corrected chi connectivity index (χ1v) is 8.55. The fourth-order valence-corrected chi connectivity index (χ4v) is 3.67. The largest absolute Gasteiger partial charge is 0.314 e. The Morgan fingerprint density at radius 3 is 2.55 bits per heavy atom. The molecule has 0 saturated heterocycles. The van der Waals surface area contributed by atoms with E-state index in [1.54, 1.807) is 0 Å². The minimum Gasteiger partial charge on any atom is -0.314 e. The summed E-state index contributed by atoms with van der Waals surface area (Å²) in [4.78, 5) is 2.44. The number of nitrogens with one attached hydrogen (secondary N) is 1. The molecule has 0 heterocycles. The van der Waals surface area contributed by atoms with Crippen molar-refractivity contribution in [3.8, 4) is 0 Å². The average molecular weight is 339 g/mol. The van der Waals surface area contributed by atoms with E-state index in [1.807, 2.05) is 0 Å². The zero-order chi connectivity index (χ0) is 14.4. The van der Waals surface area contributed by atoms with Crippen LogP contribution in [0.3, 0.4) is 0 Å². The molecule has 20 heavy (non-hydrogen) atoms. The van der Waals surface area contributed by atoms with E-state index in [0.29, 0.717) is 5.54 Å². The van der Waals surface area contributed by atoms with Gasteiger partial charge in [-0.1, -0.05) is 53.4 Å². The number of hydrogen-bond donors (Lipinski definition) is 1. The van der Waals surface area contributed by atoms with E-state index in [-0.39, 0.29) is 0 Å². The summed E-state index contributed by atoms with van der Waals surface area (Å²) in [7, 11) is 4.37. The van der Waals surface area contributed by atoms with E-state index >= 15 is 0 Å². The molecule has 1 N–H and O–H groups in total. The van der Waals surface area contributed by atoms with E-state index in [2.05, 4.69) is 64.5 Å². The maximum atomic E-state index is 3.64. The van der Waals surface area contributed by atoms with Crippen LogP contribution in [0.15, 0.2) is 28.7 Å². The number of nitrogens with zero attached hydrogens (tertiary/aromatic N) is 1. The first kappa shape index (κ1) is 16.0. The molecule has 0 amide bonds. The molecule has 1 fully saturated rings. The SMILES string of the molecule is CNC1(CCN(C)Cc2ccccc2Br)CCCCC1. The lowest BCUT2D eigenvalue weighted by Crippen LogP contribution is -2.46. The number of benzene rings is 1. The molecule has 0 aliphatic heterocycles. The van der Waals surface area contributed by atoms with Crippen LogP contribution in [-0.4, -0.2) is 31.1 Å². The second kappa shape index (κ2) is 7.58. The molecule has 1 saturated carbocycles. The van der Waals surface area contributed by atoms with Crippen molar-refractivity contribution >= 4 is 15.9 Å². The highest BCUT2D eigenvalue weighted by Gasteiger charge is 2.29. The molecule has 0 aromatic heterocycles. The lowest BCUT2D eigenvalue weighted by molar-refractivity contribution is 0.194. The molecule has 1 aliphatic carbocycles. The van der Waals surface area contributed by atoms with Gasteiger partial charge in [0.2, 0.25) is 0 Å². The molecule has 0 atom stereocenters. The van der Waals surface area contributed by atoms with E-state index in [4.69, 9.17) is 0 Å². The molecule has 0 spiro atoms. The summed E-state index contributed by atoms with van der Waals surface area (Å²) in [6.45, 7) is 2.17. The number of halogens is 1. The second-order valence-corrected chi connectivity index (χ2v) is 7.02. The Labute approximate surface area is 132 Å². The predicted molar refractivity (Wildman–Crippen MR) is 90.0 cm³/mol. The minimum atomic E-state index is 0.389. The van der Waals surface area contributed by atoms with Gasteiger partial charge in [0.05, 0.1) is 0 Å². The normalized spacial score (nSPS) is 18.4. The molecule has 0 bridgehead atoms. The fraction of sp³-hybridized carbons (Fsp3) is 0.647. The van der Waals surface area contributed by atoms with Gasteiger partial charge in [-0.15, -0.1) is 0 Å². The van der Waals surface area contributed by atoms with Crippen molar-refractivity contribution in [3.05, 3.63) is 34.3 Å². The van der Waals surface area contributed by atoms with Gasteiger partial charge >= 0.3 is 0 Å². The third-order valence-corrected chi connectivity index (χ3v) is 5.48. The second-order valence-electron chi connectivity index (χ2n) is 6.17. The molecule has 1 aliphatic rings. The molecule has 0 radical (unpaired) electrons. The van der Waals surface area contributed by atoms with Crippen LogP contribution in [0.1, 0.15) is 44.1 Å².